The van der Waals surface area contributed by atoms with Gasteiger partial charge in [-0.1, -0.05) is 66.7 Å². The van der Waals surface area contributed by atoms with E-state index < -0.39 is 0 Å². The van der Waals surface area contributed by atoms with E-state index >= 15 is 0 Å². The van der Waals surface area contributed by atoms with Gasteiger partial charge in [-0.15, -0.1) is 11.3 Å². The average Bonchev–Trinajstić information content (AvgIpc) is 3.68. The summed E-state index contributed by atoms with van der Waals surface area (Å²) >= 11 is 1.92. The third kappa shape index (κ3) is 3.13. The normalized spacial score (nSPS) is 14.9. The lowest BCUT2D eigenvalue weighted by atomic mass is 9.98. The number of para-hydroxylation sites is 3. The highest BCUT2D eigenvalue weighted by molar-refractivity contribution is 7.19. The van der Waals surface area contributed by atoms with Crippen molar-refractivity contribution >= 4 is 71.1 Å². The van der Waals surface area contributed by atoms with Crippen LogP contribution >= 0.6 is 11.3 Å². The Labute approximate surface area is 240 Å². The Morgan fingerprint density at radius 3 is 2.05 bits per heavy atom. The molecular weight excluding hydrogens is 518 g/mol. The number of nitriles is 1. The number of nitrogens with zero attached hydrogens (tertiary/aromatic N) is 3. The molecule has 0 saturated carbocycles. The molecule has 1 unspecified atom stereocenters. The minimum Gasteiger partial charge on any atom is -0.332 e. The maximum Gasteiger partial charge on any atom is 0.0991 e. The van der Waals surface area contributed by atoms with Crippen molar-refractivity contribution in [2.24, 2.45) is 0 Å². The third-order valence-electron chi connectivity index (χ3n) is 8.67. The molecular formula is C37H23N3S. The molecule has 1 aliphatic carbocycles. The highest BCUT2D eigenvalue weighted by Crippen LogP contribution is 2.46. The van der Waals surface area contributed by atoms with E-state index in [2.05, 4.69) is 124 Å². The van der Waals surface area contributed by atoms with Crippen molar-refractivity contribution in [3.05, 3.63) is 131 Å². The number of fused-ring (bicyclic) bond motifs is 9. The second-order valence-electron chi connectivity index (χ2n) is 10.8. The van der Waals surface area contributed by atoms with E-state index in [4.69, 9.17) is 0 Å². The van der Waals surface area contributed by atoms with Crippen LogP contribution in [0.25, 0.3) is 65.5 Å². The summed E-state index contributed by atoms with van der Waals surface area (Å²) in [6.45, 7) is 0. The molecule has 41 heavy (non-hydrogen) atoms. The lowest BCUT2D eigenvalue weighted by Gasteiger charge is -2.23. The SMILES string of the molecule is N#Cc1ccc2c(c1)c1ccccc1n2-c1ccc2sc3c(c2c1)C=CCC3n1c2ccccc2c2ccccc21. The van der Waals surface area contributed by atoms with Gasteiger partial charge in [0.15, 0.2) is 0 Å². The molecule has 0 amide bonds. The van der Waals surface area contributed by atoms with Gasteiger partial charge >= 0.3 is 0 Å². The van der Waals surface area contributed by atoms with Gasteiger partial charge in [-0.3, -0.25) is 0 Å². The van der Waals surface area contributed by atoms with Gasteiger partial charge in [0.1, 0.15) is 0 Å². The second kappa shape index (κ2) is 8.44. The Morgan fingerprint density at radius 2 is 1.32 bits per heavy atom. The number of hydrogen-bond acceptors (Lipinski definition) is 2. The van der Waals surface area contributed by atoms with Crippen LogP contribution in [0.3, 0.4) is 0 Å². The quantitative estimate of drug-likeness (QED) is 0.214. The molecule has 5 aromatic carbocycles. The summed E-state index contributed by atoms with van der Waals surface area (Å²) in [6.07, 6.45) is 5.65. The van der Waals surface area contributed by atoms with Crippen LogP contribution in [-0.2, 0) is 0 Å². The van der Waals surface area contributed by atoms with Gasteiger partial charge in [-0.05, 0) is 66.6 Å². The zero-order chi connectivity index (χ0) is 27.1. The first-order chi connectivity index (χ1) is 20.3. The minimum atomic E-state index is 0.248. The monoisotopic (exact) mass is 541 g/mol. The topological polar surface area (TPSA) is 33.6 Å². The number of thiophene rings is 1. The van der Waals surface area contributed by atoms with Crippen LogP contribution in [-0.4, -0.2) is 9.13 Å². The van der Waals surface area contributed by atoms with Gasteiger partial charge in [0, 0.05) is 53.2 Å². The lowest BCUT2D eigenvalue weighted by molar-refractivity contribution is 0.637. The van der Waals surface area contributed by atoms with Crippen molar-refractivity contribution in [2.75, 3.05) is 0 Å². The van der Waals surface area contributed by atoms with Crippen LogP contribution < -0.4 is 0 Å². The molecule has 0 saturated heterocycles. The molecule has 4 heteroatoms. The van der Waals surface area contributed by atoms with E-state index in [-0.39, 0.29) is 6.04 Å². The van der Waals surface area contributed by atoms with E-state index in [1.165, 1.54) is 47.7 Å². The number of allylic oxidation sites excluding steroid dienone is 1. The van der Waals surface area contributed by atoms with E-state index in [1.807, 2.05) is 23.5 Å². The maximum atomic E-state index is 9.54. The Bertz CT molecular complexity index is 2370. The first-order valence-corrected chi connectivity index (χ1v) is 14.8. The molecule has 0 radical (unpaired) electrons. The molecule has 0 fully saturated rings. The zero-order valence-electron chi connectivity index (χ0n) is 22.1. The third-order valence-corrected chi connectivity index (χ3v) is 9.96. The van der Waals surface area contributed by atoms with E-state index in [0.717, 1.165) is 28.5 Å². The minimum absolute atomic E-state index is 0.248. The molecule has 8 aromatic rings. The van der Waals surface area contributed by atoms with Gasteiger partial charge in [0.05, 0.1) is 28.7 Å². The van der Waals surface area contributed by atoms with Crippen molar-refractivity contribution in [2.45, 2.75) is 12.5 Å². The molecule has 0 N–H and O–H groups in total. The molecule has 1 aliphatic rings. The molecule has 0 spiro atoms. The summed E-state index contributed by atoms with van der Waals surface area (Å²) in [5.74, 6) is 0. The first-order valence-electron chi connectivity index (χ1n) is 13.9. The molecule has 3 nitrogen and oxygen atoms in total. The summed E-state index contributed by atoms with van der Waals surface area (Å²) in [4.78, 5) is 1.42. The zero-order valence-corrected chi connectivity index (χ0v) is 22.9. The van der Waals surface area contributed by atoms with E-state index in [9.17, 15) is 5.26 Å². The van der Waals surface area contributed by atoms with E-state index in [0.29, 0.717) is 5.56 Å². The van der Waals surface area contributed by atoms with Gasteiger partial charge in [0.2, 0.25) is 0 Å². The van der Waals surface area contributed by atoms with Crippen molar-refractivity contribution < 1.29 is 0 Å². The Hall–Kier alpha value is -5.11. The fourth-order valence-corrected chi connectivity index (χ4v) is 8.21. The Morgan fingerprint density at radius 1 is 0.659 bits per heavy atom. The number of rotatable bonds is 2. The molecule has 3 aromatic heterocycles. The van der Waals surface area contributed by atoms with E-state index in [1.54, 1.807) is 0 Å². The number of hydrogen-bond donors (Lipinski definition) is 0. The predicted octanol–water partition coefficient (Wildman–Crippen LogP) is 9.98. The first kappa shape index (κ1) is 22.7. The summed E-state index contributed by atoms with van der Waals surface area (Å²) < 4.78 is 6.21. The van der Waals surface area contributed by atoms with Crippen molar-refractivity contribution in [3.8, 4) is 11.8 Å². The lowest BCUT2D eigenvalue weighted by Crippen LogP contribution is -2.11. The van der Waals surface area contributed by atoms with Crippen LogP contribution in [0.5, 0.6) is 0 Å². The molecule has 9 rings (SSSR count). The smallest absolute Gasteiger partial charge is 0.0991 e. The molecule has 1 atom stereocenters. The second-order valence-corrected chi connectivity index (χ2v) is 11.9. The highest BCUT2D eigenvalue weighted by Gasteiger charge is 2.26. The van der Waals surface area contributed by atoms with Crippen LogP contribution in [0.1, 0.15) is 28.5 Å². The fraction of sp³-hybridized carbons (Fsp3) is 0.0541. The number of aromatic nitrogens is 2. The van der Waals surface area contributed by atoms with Gasteiger partial charge in [-0.25, -0.2) is 0 Å². The summed E-state index contributed by atoms with van der Waals surface area (Å²) in [5, 5.41) is 15.7. The summed E-state index contributed by atoms with van der Waals surface area (Å²) in [6, 6.07) is 41.5. The average molecular weight is 542 g/mol. The fourth-order valence-electron chi connectivity index (χ4n) is 6.94. The summed E-state index contributed by atoms with van der Waals surface area (Å²) in [7, 11) is 0. The largest absolute Gasteiger partial charge is 0.332 e. The van der Waals surface area contributed by atoms with Crippen LogP contribution in [0, 0.1) is 11.3 Å². The Kier molecular flexibility index (Phi) is 4.67. The van der Waals surface area contributed by atoms with Gasteiger partial charge in [-0.2, -0.15) is 5.26 Å². The standard InChI is InChI=1S/C37H23N3S/c38-22-23-16-18-34-29(20-23)27-10-3-4-12-31(27)39(34)24-17-19-36-30(21-24)28-11-7-15-35(37(28)41-36)40-32-13-5-1-8-25(32)26-9-2-6-14-33(26)40/h1-14,16-21,35H,15H2. The van der Waals surface area contributed by atoms with Crippen molar-refractivity contribution in [1.82, 2.24) is 9.13 Å². The molecule has 3 heterocycles. The van der Waals surface area contributed by atoms with Gasteiger partial charge in [0.25, 0.3) is 0 Å². The van der Waals surface area contributed by atoms with Crippen molar-refractivity contribution in [1.29, 1.82) is 5.26 Å². The molecule has 192 valence electrons. The predicted molar refractivity (Wildman–Crippen MR) is 172 cm³/mol. The summed E-state index contributed by atoms with van der Waals surface area (Å²) in [5.41, 5.74) is 8.01. The number of benzene rings is 5. The van der Waals surface area contributed by atoms with Crippen LogP contribution in [0.15, 0.2) is 115 Å². The Balaban J connectivity index is 1.28. The highest BCUT2D eigenvalue weighted by atomic mass is 32.1. The maximum absolute atomic E-state index is 9.54. The van der Waals surface area contributed by atoms with Crippen molar-refractivity contribution in [3.63, 3.8) is 0 Å². The van der Waals surface area contributed by atoms with Crippen LogP contribution in [0.4, 0.5) is 0 Å². The van der Waals surface area contributed by atoms with Crippen LogP contribution in [0.2, 0.25) is 0 Å². The molecule has 0 bridgehead atoms. The molecule has 0 aliphatic heterocycles. The van der Waals surface area contributed by atoms with Gasteiger partial charge < -0.3 is 9.13 Å².